The lowest BCUT2D eigenvalue weighted by atomic mass is 10.1. The molecule has 8 nitrogen and oxygen atoms in total. The molecule has 0 saturated heterocycles. The Bertz CT molecular complexity index is 1510. The van der Waals surface area contributed by atoms with E-state index in [0.29, 0.717) is 28.8 Å². The third-order valence-electron chi connectivity index (χ3n) is 6.07. The fourth-order valence-electron chi connectivity index (χ4n) is 4.18. The standard InChI is InChI=1S/C29H30N4O4/c1-2-3-9-18-30-26(34)19-21-14-16-23(17-15-21)33-28(36)24-12-7-8-13-25(24)32(29(33)37)20-27(35)31-22-10-5-4-6-11-22/h4-8,10-17H,2-3,9,18-20H2,1H3,(H,30,34)(H,31,35). The molecule has 37 heavy (non-hydrogen) atoms. The summed E-state index contributed by atoms with van der Waals surface area (Å²) >= 11 is 0. The van der Waals surface area contributed by atoms with Gasteiger partial charge in [0.05, 0.1) is 23.0 Å². The van der Waals surface area contributed by atoms with Gasteiger partial charge in [-0.25, -0.2) is 9.36 Å². The van der Waals surface area contributed by atoms with Crippen molar-refractivity contribution in [2.45, 2.75) is 39.2 Å². The van der Waals surface area contributed by atoms with Gasteiger partial charge in [0.2, 0.25) is 11.8 Å². The largest absolute Gasteiger partial charge is 0.356 e. The van der Waals surface area contributed by atoms with Gasteiger partial charge in [-0.1, -0.05) is 62.2 Å². The fraction of sp³-hybridized carbons (Fsp3) is 0.241. The molecule has 2 N–H and O–H groups in total. The van der Waals surface area contributed by atoms with Crippen LogP contribution in [0.25, 0.3) is 16.6 Å². The van der Waals surface area contributed by atoms with Gasteiger partial charge in [0.1, 0.15) is 6.54 Å². The summed E-state index contributed by atoms with van der Waals surface area (Å²) in [7, 11) is 0. The summed E-state index contributed by atoms with van der Waals surface area (Å²) in [6, 6.07) is 22.4. The highest BCUT2D eigenvalue weighted by molar-refractivity contribution is 5.91. The second kappa shape index (κ2) is 12.0. The third kappa shape index (κ3) is 6.22. The molecule has 4 rings (SSSR count). The van der Waals surface area contributed by atoms with Gasteiger partial charge in [0, 0.05) is 12.2 Å². The number of fused-ring (bicyclic) bond motifs is 1. The molecule has 0 saturated carbocycles. The molecule has 2 amide bonds. The van der Waals surface area contributed by atoms with E-state index in [1.54, 1.807) is 72.8 Å². The van der Waals surface area contributed by atoms with Crippen LogP contribution in [-0.2, 0) is 22.6 Å². The number of anilines is 1. The highest BCUT2D eigenvalue weighted by Gasteiger charge is 2.17. The van der Waals surface area contributed by atoms with Gasteiger partial charge >= 0.3 is 5.69 Å². The number of nitrogens with one attached hydrogen (secondary N) is 2. The molecule has 0 spiro atoms. The Kier molecular flexibility index (Phi) is 8.30. The van der Waals surface area contributed by atoms with Crippen LogP contribution in [0.4, 0.5) is 5.69 Å². The Labute approximate surface area is 214 Å². The smallest absolute Gasteiger partial charge is 0.336 e. The summed E-state index contributed by atoms with van der Waals surface area (Å²) in [6.07, 6.45) is 3.32. The number of rotatable bonds is 10. The van der Waals surface area contributed by atoms with Crippen molar-refractivity contribution in [1.82, 2.24) is 14.5 Å². The zero-order chi connectivity index (χ0) is 26.2. The van der Waals surface area contributed by atoms with Crippen LogP contribution < -0.4 is 21.9 Å². The lowest BCUT2D eigenvalue weighted by molar-refractivity contribution is -0.120. The Morgan fingerprint density at radius 3 is 2.24 bits per heavy atom. The molecule has 0 aliphatic heterocycles. The number of hydrogen-bond acceptors (Lipinski definition) is 4. The van der Waals surface area contributed by atoms with Gasteiger partial charge in [-0.3, -0.25) is 19.0 Å². The molecule has 0 aliphatic carbocycles. The molecule has 0 atom stereocenters. The van der Waals surface area contributed by atoms with E-state index >= 15 is 0 Å². The van der Waals surface area contributed by atoms with Crippen LogP contribution in [0.2, 0.25) is 0 Å². The number of aromatic nitrogens is 2. The molecular weight excluding hydrogens is 468 g/mol. The van der Waals surface area contributed by atoms with Crippen molar-refractivity contribution < 1.29 is 9.59 Å². The molecule has 1 heterocycles. The van der Waals surface area contributed by atoms with E-state index < -0.39 is 11.2 Å². The maximum Gasteiger partial charge on any atom is 0.336 e. The summed E-state index contributed by atoms with van der Waals surface area (Å²) in [4.78, 5) is 51.8. The van der Waals surface area contributed by atoms with Crippen molar-refractivity contribution in [3.63, 3.8) is 0 Å². The molecule has 0 aliphatic rings. The summed E-state index contributed by atoms with van der Waals surface area (Å²) < 4.78 is 2.36. The Balaban J connectivity index is 1.62. The predicted molar refractivity (Wildman–Crippen MR) is 145 cm³/mol. The van der Waals surface area contributed by atoms with Gasteiger partial charge < -0.3 is 10.6 Å². The maximum absolute atomic E-state index is 13.5. The highest BCUT2D eigenvalue weighted by atomic mass is 16.2. The van der Waals surface area contributed by atoms with Crippen LogP contribution in [0.3, 0.4) is 0 Å². The van der Waals surface area contributed by atoms with Crippen molar-refractivity contribution in [1.29, 1.82) is 0 Å². The molecule has 190 valence electrons. The van der Waals surface area contributed by atoms with Crippen molar-refractivity contribution in [2.75, 3.05) is 11.9 Å². The van der Waals surface area contributed by atoms with E-state index in [1.807, 2.05) is 6.07 Å². The molecule has 0 fully saturated rings. The van der Waals surface area contributed by atoms with E-state index in [0.717, 1.165) is 29.4 Å². The number of benzene rings is 3. The van der Waals surface area contributed by atoms with Crippen LogP contribution in [0, 0.1) is 0 Å². The Morgan fingerprint density at radius 2 is 1.51 bits per heavy atom. The molecule has 0 unspecified atom stereocenters. The number of nitrogens with zero attached hydrogens (tertiary/aromatic N) is 2. The molecule has 1 aromatic heterocycles. The minimum Gasteiger partial charge on any atom is -0.356 e. The number of amides is 2. The first-order chi connectivity index (χ1) is 18.0. The maximum atomic E-state index is 13.5. The summed E-state index contributed by atoms with van der Waals surface area (Å²) in [5.74, 6) is -0.456. The third-order valence-corrected chi connectivity index (χ3v) is 6.07. The number of unbranched alkanes of at least 4 members (excludes halogenated alkanes) is 2. The van der Waals surface area contributed by atoms with Crippen LogP contribution >= 0.6 is 0 Å². The van der Waals surface area contributed by atoms with Crippen molar-refractivity contribution in [2.24, 2.45) is 0 Å². The molecule has 0 bridgehead atoms. The van der Waals surface area contributed by atoms with Crippen LogP contribution in [-0.4, -0.2) is 27.5 Å². The van der Waals surface area contributed by atoms with Gasteiger partial charge in [-0.15, -0.1) is 0 Å². The topological polar surface area (TPSA) is 102 Å². The molecule has 8 heteroatoms. The van der Waals surface area contributed by atoms with Crippen molar-refractivity contribution in [3.8, 4) is 5.69 Å². The number of carbonyl (C=O) groups excluding carboxylic acids is 2. The number of carbonyl (C=O) groups is 2. The predicted octanol–water partition coefficient (Wildman–Crippen LogP) is 3.64. The second-order valence-corrected chi connectivity index (χ2v) is 8.84. The van der Waals surface area contributed by atoms with Gasteiger partial charge in [0.25, 0.3) is 5.56 Å². The van der Waals surface area contributed by atoms with E-state index in [-0.39, 0.29) is 24.8 Å². The molecule has 4 aromatic rings. The Hall–Kier alpha value is -4.46. The summed E-state index contributed by atoms with van der Waals surface area (Å²) in [5.41, 5.74) is 1.05. The Morgan fingerprint density at radius 1 is 0.811 bits per heavy atom. The molecular formula is C29H30N4O4. The first-order valence-electron chi connectivity index (χ1n) is 12.4. The van der Waals surface area contributed by atoms with Gasteiger partial charge in [0.15, 0.2) is 0 Å². The monoisotopic (exact) mass is 498 g/mol. The number of hydrogen-bond donors (Lipinski definition) is 2. The quantitative estimate of drug-likeness (QED) is 0.326. The minimum absolute atomic E-state index is 0.0708. The van der Waals surface area contributed by atoms with E-state index in [2.05, 4.69) is 17.6 Å². The van der Waals surface area contributed by atoms with Gasteiger partial charge in [-0.2, -0.15) is 0 Å². The lowest BCUT2D eigenvalue weighted by Crippen LogP contribution is -2.40. The van der Waals surface area contributed by atoms with E-state index in [4.69, 9.17) is 0 Å². The first kappa shape index (κ1) is 25.6. The van der Waals surface area contributed by atoms with Crippen LogP contribution in [0.1, 0.15) is 31.7 Å². The van der Waals surface area contributed by atoms with Crippen LogP contribution in [0.5, 0.6) is 0 Å². The summed E-state index contributed by atoms with van der Waals surface area (Å²) in [5, 5.41) is 6.01. The highest BCUT2D eigenvalue weighted by Crippen LogP contribution is 2.12. The molecule has 0 radical (unpaired) electrons. The number of para-hydroxylation sites is 2. The van der Waals surface area contributed by atoms with Crippen LogP contribution in [0.15, 0.2) is 88.5 Å². The normalized spacial score (nSPS) is 10.8. The lowest BCUT2D eigenvalue weighted by Gasteiger charge is -2.14. The first-order valence-corrected chi connectivity index (χ1v) is 12.4. The minimum atomic E-state index is -0.617. The van der Waals surface area contributed by atoms with Crippen molar-refractivity contribution in [3.05, 3.63) is 105 Å². The fourth-order valence-corrected chi connectivity index (χ4v) is 4.18. The zero-order valence-electron chi connectivity index (χ0n) is 20.8. The molecule has 3 aromatic carbocycles. The zero-order valence-corrected chi connectivity index (χ0v) is 20.8. The summed E-state index contributed by atoms with van der Waals surface area (Å²) in [6.45, 7) is 2.50. The average molecular weight is 499 g/mol. The van der Waals surface area contributed by atoms with E-state index in [1.165, 1.54) is 4.57 Å². The van der Waals surface area contributed by atoms with Gasteiger partial charge in [-0.05, 0) is 48.4 Å². The second-order valence-electron chi connectivity index (χ2n) is 8.84. The van der Waals surface area contributed by atoms with Crippen molar-refractivity contribution >= 4 is 28.4 Å². The SMILES string of the molecule is CCCCCNC(=O)Cc1ccc(-n2c(=O)c3ccccc3n(CC(=O)Nc3ccccc3)c2=O)cc1. The van der Waals surface area contributed by atoms with E-state index in [9.17, 15) is 19.2 Å². The average Bonchev–Trinajstić information content (AvgIpc) is 2.91.